The van der Waals surface area contributed by atoms with Crippen LogP contribution in [0.2, 0.25) is 5.02 Å². The van der Waals surface area contributed by atoms with E-state index in [4.69, 9.17) is 26.8 Å². The fourth-order valence-electron chi connectivity index (χ4n) is 1.76. The van der Waals surface area contributed by atoms with Crippen LogP contribution in [-0.2, 0) is 9.53 Å². The van der Waals surface area contributed by atoms with Crippen molar-refractivity contribution in [1.29, 1.82) is 0 Å². The Morgan fingerprint density at radius 2 is 2.13 bits per heavy atom. The highest BCUT2D eigenvalue weighted by Gasteiger charge is 2.14. The Morgan fingerprint density at radius 1 is 1.35 bits per heavy atom. The molecule has 2 aromatic rings. The van der Waals surface area contributed by atoms with Crippen LogP contribution >= 0.6 is 11.6 Å². The van der Waals surface area contributed by atoms with Crippen LogP contribution in [-0.4, -0.2) is 30.6 Å². The fraction of sp³-hybridized carbons (Fsp3) is 0.133. The highest BCUT2D eigenvalue weighted by Crippen LogP contribution is 2.27. The van der Waals surface area contributed by atoms with Crippen LogP contribution in [0, 0.1) is 0 Å². The summed E-state index contributed by atoms with van der Waals surface area (Å²) in [6.07, 6.45) is 1.45. The molecule has 0 spiro atoms. The van der Waals surface area contributed by atoms with Crippen LogP contribution in [0.3, 0.4) is 0 Å². The Balaban J connectivity index is 1.97. The van der Waals surface area contributed by atoms with Gasteiger partial charge in [-0.1, -0.05) is 11.6 Å². The van der Waals surface area contributed by atoms with Crippen molar-refractivity contribution in [2.24, 2.45) is 0 Å². The number of anilines is 2. The van der Waals surface area contributed by atoms with Crippen molar-refractivity contribution in [2.75, 3.05) is 24.8 Å². The Morgan fingerprint density at radius 3 is 2.83 bits per heavy atom. The quantitative estimate of drug-likeness (QED) is 0.811. The van der Waals surface area contributed by atoms with Crippen molar-refractivity contribution in [3.8, 4) is 5.75 Å². The average Bonchev–Trinajstić information content (AvgIpc) is 2.53. The maximum Gasteiger partial charge on any atom is 0.342 e. The smallest absolute Gasteiger partial charge is 0.342 e. The molecule has 0 radical (unpaired) electrons. The van der Waals surface area contributed by atoms with Crippen molar-refractivity contribution >= 4 is 35.0 Å². The highest BCUT2D eigenvalue weighted by molar-refractivity contribution is 6.31. The van der Waals surface area contributed by atoms with Gasteiger partial charge in [0.1, 0.15) is 17.1 Å². The minimum absolute atomic E-state index is 0.0365. The molecule has 1 amide bonds. The maximum absolute atomic E-state index is 11.9. The summed E-state index contributed by atoms with van der Waals surface area (Å²) in [7, 11) is 1.46. The van der Waals surface area contributed by atoms with Gasteiger partial charge in [-0.15, -0.1) is 0 Å². The zero-order valence-corrected chi connectivity index (χ0v) is 13.0. The molecular weight excluding hydrogens is 322 g/mol. The summed E-state index contributed by atoms with van der Waals surface area (Å²) in [5.41, 5.74) is 6.04. The van der Waals surface area contributed by atoms with Crippen molar-refractivity contribution in [1.82, 2.24) is 4.98 Å². The number of esters is 1. The Kier molecular flexibility index (Phi) is 5.37. The van der Waals surface area contributed by atoms with Crippen molar-refractivity contribution in [3.63, 3.8) is 0 Å². The summed E-state index contributed by atoms with van der Waals surface area (Å²) in [5, 5.41) is 2.98. The lowest BCUT2D eigenvalue weighted by Crippen LogP contribution is -2.21. The minimum atomic E-state index is -0.733. The van der Waals surface area contributed by atoms with Crippen LogP contribution in [0.4, 0.5) is 11.5 Å². The van der Waals surface area contributed by atoms with E-state index in [1.807, 2.05) is 0 Å². The molecule has 2 rings (SSSR count). The summed E-state index contributed by atoms with van der Waals surface area (Å²) in [5.74, 6) is -0.801. The Bertz CT molecular complexity index is 736. The number of methoxy groups -OCH3 is 1. The van der Waals surface area contributed by atoms with Crippen LogP contribution in [0.15, 0.2) is 36.5 Å². The topological polar surface area (TPSA) is 104 Å². The van der Waals surface area contributed by atoms with Crippen molar-refractivity contribution in [3.05, 3.63) is 47.1 Å². The van der Waals surface area contributed by atoms with E-state index in [-0.39, 0.29) is 11.4 Å². The molecule has 120 valence electrons. The lowest BCUT2D eigenvalue weighted by Gasteiger charge is -2.11. The number of aromatic nitrogens is 1. The Hall–Kier alpha value is -2.80. The molecule has 0 aliphatic rings. The van der Waals surface area contributed by atoms with Gasteiger partial charge in [0.2, 0.25) is 0 Å². The van der Waals surface area contributed by atoms with Gasteiger partial charge in [0, 0.05) is 11.2 Å². The molecule has 0 unspecified atom stereocenters. The molecule has 3 N–H and O–H groups in total. The molecule has 0 bridgehead atoms. The predicted octanol–water partition coefficient (Wildman–Crippen LogP) is 2.12. The summed E-state index contributed by atoms with van der Waals surface area (Å²) in [6, 6.07) is 7.77. The molecule has 0 fully saturated rings. The van der Waals surface area contributed by atoms with E-state index >= 15 is 0 Å². The molecule has 0 aliphatic carbocycles. The number of nitrogens with zero attached hydrogens (tertiary/aromatic N) is 1. The van der Waals surface area contributed by atoms with Crippen LogP contribution in [0.5, 0.6) is 5.75 Å². The third-order valence-electron chi connectivity index (χ3n) is 2.83. The lowest BCUT2D eigenvalue weighted by atomic mass is 10.2. The second kappa shape index (κ2) is 7.46. The number of nitrogens with one attached hydrogen (secondary N) is 1. The summed E-state index contributed by atoms with van der Waals surface area (Å²) in [4.78, 5) is 27.5. The van der Waals surface area contributed by atoms with E-state index in [9.17, 15) is 9.59 Å². The first-order valence-electron chi connectivity index (χ1n) is 6.52. The number of rotatable bonds is 5. The average molecular weight is 336 g/mol. The standard InChI is InChI=1S/C15H14ClN3O4/c1-22-12-5-4-9(16)7-11(12)19-13(20)8-23-15(21)10-3-2-6-18-14(10)17/h2-7H,8H2,1H3,(H2,17,18)(H,19,20). The van der Waals surface area contributed by atoms with E-state index in [0.717, 1.165) is 0 Å². The molecule has 0 aliphatic heterocycles. The van der Waals surface area contributed by atoms with Gasteiger partial charge in [-0.3, -0.25) is 4.79 Å². The van der Waals surface area contributed by atoms with Gasteiger partial charge in [-0.05, 0) is 30.3 Å². The summed E-state index contributed by atoms with van der Waals surface area (Å²) >= 11 is 5.87. The number of halogens is 1. The normalized spacial score (nSPS) is 10.0. The zero-order chi connectivity index (χ0) is 16.8. The largest absolute Gasteiger partial charge is 0.495 e. The van der Waals surface area contributed by atoms with Gasteiger partial charge in [0.25, 0.3) is 5.91 Å². The van der Waals surface area contributed by atoms with E-state index in [0.29, 0.717) is 16.5 Å². The van der Waals surface area contributed by atoms with E-state index in [2.05, 4.69) is 10.3 Å². The van der Waals surface area contributed by atoms with Crippen LogP contribution < -0.4 is 15.8 Å². The second-order valence-corrected chi connectivity index (χ2v) is 4.84. The molecule has 8 heteroatoms. The number of amides is 1. The third-order valence-corrected chi connectivity index (χ3v) is 3.06. The molecule has 23 heavy (non-hydrogen) atoms. The van der Waals surface area contributed by atoms with Crippen LogP contribution in [0.25, 0.3) is 0 Å². The number of carbonyl (C=O) groups excluding carboxylic acids is 2. The van der Waals surface area contributed by atoms with Gasteiger partial charge in [0.05, 0.1) is 12.8 Å². The van der Waals surface area contributed by atoms with Crippen LogP contribution in [0.1, 0.15) is 10.4 Å². The fourth-order valence-corrected chi connectivity index (χ4v) is 1.94. The number of pyridine rings is 1. The van der Waals surface area contributed by atoms with E-state index in [1.54, 1.807) is 18.2 Å². The van der Waals surface area contributed by atoms with Gasteiger partial charge in [0.15, 0.2) is 6.61 Å². The van der Waals surface area contributed by atoms with E-state index < -0.39 is 18.5 Å². The molecule has 1 aromatic heterocycles. The number of hydrogen-bond donors (Lipinski definition) is 2. The molecule has 1 aromatic carbocycles. The van der Waals surface area contributed by atoms with Crippen molar-refractivity contribution in [2.45, 2.75) is 0 Å². The van der Waals surface area contributed by atoms with E-state index in [1.165, 1.54) is 25.4 Å². The number of benzene rings is 1. The molecular formula is C15H14ClN3O4. The SMILES string of the molecule is COc1ccc(Cl)cc1NC(=O)COC(=O)c1cccnc1N. The number of ether oxygens (including phenoxy) is 2. The molecule has 1 heterocycles. The lowest BCUT2D eigenvalue weighted by molar-refractivity contribution is -0.119. The molecule has 7 nitrogen and oxygen atoms in total. The zero-order valence-electron chi connectivity index (χ0n) is 12.2. The first kappa shape index (κ1) is 16.6. The second-order valence-electron chi connectivity index (χ2n) is 4.41. The predicted molar refractivity (Wildman–Crippen MR) is 85.6 cm³/mol. The number of nitrogens with two attached hydrogens (primary N) is 1. The van der Waals surface area contributed by atoms with Gasteiger partial charge in [-0.2, -0.15) is 0 Å². The maximum atomic E-state index is 11.9. The summed E-state index contributed by atoms with van der Waals surface area (Å²) < 4.78 is 10.0. The molecule has 0 atom stereocenters. The van der Waals surface area contributed by atoms with Gasteiger partial charge < -0.3 is 20.5 Å². The minimum Gasteiger partial charge on any atom is -0.495 e. The highest BCUT2D eigenvalue weighted by atomic mass is 35.5. The first-order valence-corrected chi connectivity index (χ1v) is 6.90. The Labute approximate surface area is 137 Å². The van der Waals surface area contributed by atoms with Gasteiger partial charge >= 0.3 is 5.97 Å². The van der Waals surface area contributed by atoms with Gasteiger partial charge in [-0.25, -0.2) is 9.78 Å². The summed E-state index contributed by atoms with van der Waals surface area (Å²) in [6.45, 7) is -0.483. The number of nitrogen functional groups attached to an aromatic ring is 1. The first-order chi connectivity index (χ1) is 11.0. The third kappa shape index (κ3) is 4.33. The monoisotopic (exact) mass is 335 g/mol. The molecule has 0 saturated heterocycles. The number of carbonyl (C=O) groups is 2. The van der Waals surface area contributed by atoms with Crippen molar-refractivity contribution < 1.29 is 19.1 Å². The molecule has 0 saturated carbocycles. The number of hydrogen-bond acceptors (Lipinski definition) is 6.